The Hall–Kier alpha value is -3.04. The largest absolute Gasteiger partial charge is 0.573 e. The first-order valence-electron chi connectivity index (χ1n) is 9.51. The van der Waals surface area contributed by atoms with Crippen LogP contribution < -0.4 is 15.0 Å². The van der Waals surface area contributed by atoms with Crippen LogP contribution in [-0.4, -0.2) is 60.4 Å². The summed E-state index contributed by atoms with van der Waals surface area (Å²) < 4.78 is 40.5. The van der Waals surface area contributed by atoms with Crippen molar-refractivity contribution in [1.82, 2.24) is 14.9 Å². The molecule has 162 valence electrons. The van der Waals surface area contributed by atoms with Crippen LogP contribution in [0.15, 0.2) is 30.3 Å². The molecule has 0 unspecified atom stereocenters. The molecule has 1 fully saturated rings. The van der Waals surface area contributed by atoms with Crippen molar-refractivity contribution >= 4 is 17.7 Å². The van der Waals surface area contributed by atoms with Gasteiger partial charge in [0.15, 0.2) is 0 Å². The van der Waals surface area contributed by atoms with E-state index in [1.165, 1.54) is 24.3 Å². The van der Waals surface area contributed by atoms with E-state index in [0.29, 0.717) is 24.6 Å². The maximum absolute atomic E-state index is 12.6. The van der Waals surface area contributed by atoms with E-state index >= 15 is 0 Å². The van der Waals surface area contributed by atoms with E-state index in [2.05, 4.69) is 20.0 Å². The average Bonchev–Trinajstić information content (AvgIpc) is 3.10. The highest BCUT2D eigenvalue weighted by Gasteiger charge is 2.31. The Bertz CT molecular complexity index is 887. The first kappa shape index (κ1) is 21.7. The van der Waals surface area contributed by atoms with Crippen LogP contribution in [0.4, 0.5) is 24.9 Å². The first-order chi connectivity index (χ1) is 14.1. The predicted octanol–water partition coefficient (Wildman–Crippen LogP) is 3.01. The van der Waals surface area contributed by atoms with Crippen LogP contribution in [-0.2, 0) is 11.2 Å². The van der Waals surface area contributed by atoms with Crippen molar-refractivity contribution in [3.05, 3.63) is 41.6 Å². The minimum Gasteiger partial charge on any atom is -0.406 e. The highest BCUT2D eigenvalue weighted by Crippen LogP contribution is 2.23. The molecule has 0 spiro atoms. The molecule has 0 bridgehead atoms. The highest BCUT2D eigenvalue weighted by atomic mass is 19.4. The average molecular weight is 423 g/mol. The number of nitrogens with one attached hydrogen (secondary N) is 1. The van der Waals surface area contributed by atoms with Gasteiger partial charge in [0.05, 0.1) is 6.42 Å². The van der Waals surface area contributed by atoms with E-state index in [0.717, 1.165) is 17.9 Å². The third kappa shape index (κ3) is 5.98. The topological polar surface area (TPSA) is 70.6 Å². The highest BCUT2D eigenvalue weighted by molar-refractivity contribution is 5.79. The van der Waals surface area contributed by atoms with Gasteiger partial charge in [-0.2, -0.15) is 4.98 Å². The standard InChI is InChI=1S/C20H24F3N5O2/c1-13-10-17(27(2)3)26-19(24-13)25-15-8-9-28(12-15)18(29)11-14-4-6-16(7-5-14)30-20(21,22)23/h4-7,10,15H,8-9,11-12H2,1-3H3,(H,24,25,26)/t15-/m0/s1. The van der Waals surface area contributed by atoms with Gasteiger partial charge in [-0.15, -0.1) is 13.2 Å². The molecule has 30 heavy (non-hydrogen) atoms. The number of likely N-dealkylation sites (tertiary alicyclic amines) is 1. The van der Waals surface area contributed by atoms with Crippen LogP contribution >= 0.6 is 0 Å². The summed E-state index contributed by atoms with van der Waals surface area (Å²) in [6, 6.07) is 7.28. The fourth-order valence-electron chi connectivity index (χ4n) is 3.23. The molecule has 1 atom stereocenters. The van der Waals surface area contributed by atoms with Crippen LogP contribution in [0.5, 0.6) is 5.75 Å². The molecule has 1 amide bonds. The van der Waals surface area contributed by atoms with E-state index in [1.807, 2.05) is 32.0 Å². The second-order valence-corrected chi connectivity index (χ2v) is 7.42. The summed E-state index contributed by atoms with van der Waals surface area (Å²) in [5.41, 5.74) is 1.48. The van der Waals surface area contributed by atoms with Crippen molar-refractivity contribution in [3.8, 4) is 5.75 Å². The van der Waals surface area contributed by atoms with Gasteiger partial charge in [0.1, 0.15) is 11.6 Å². The van der Waals surface area contributed by atoms with Gasteiger partial charge in [-0.25, -0.2) is 4.98 Å². The van der Waals surface area contributed by atoms with Crippen molar-refractivity contribution in [2.75, 3.05) is 37.4 Å². The molecule has 0 saturated carbocycles. The fraction of sp³-hybridized carbons (Fsp3) is 0.450. The van der Waals surface area contributed by atoms with Crippen LogP contribution in [0.2, 0.25) is 0 Å². The zero-order valence-corrected chi connectivity index (χ0v) is 17.0. The van der Waals surface area contributed by atoms with Crippen molar-refractivity contribution in [1.29, 1.82) is 0 Å². The number of nitrogens with zero attached hydrogens (tertiary/aromatic N) is 4. The lowest BCUT2D eigenvalue weighted by atomic mass is 10.1. The van der Waals surface area contributed by atoms with Crippen LogP contribution in [0, 0.1) is 6.92 Å². The van der Waals surface area contributed by atoms with E-state index in [9.17, 15) is 18.0 Å². The van der Waals surface area contributed by atoms with Crippen molar-refractivity contribution in [2.24, 2.45) is 0 Å². The van der Waals surface area contributed by atoms with Gasteiger partial charge >= 0.3 is 6.36 Å². The predicted molar refractivity (Wildman–Crippen MR) is 107 cm³/mol. The summed E-state index contributed by atoms with van der Waals surface area (Å²) in [6.45, 7) is 3.01. The van der Waals surface area contributed by atoms with Gasteiger partial charge in [-0.3, -0.25) is 4.79 Å². The number of rotatable bonds is 6. The number of alkyl halides is 3. The quantitative estimate of drug-likeness (QED) is 0.770. The maximum Gasteiger partial charge on any atom is 0.573 e. The van der Waals surface area contributed by atoms with Gasteiger partial charge in [0.2, 0.25) is 11.9 Å². The number of anilines is 2. The number of aromatic nitrogens is 2. The van der Waals surface area contributed by atoms with Gasteiger partial charge in [0.25, 0.3) is 0 Å². The first-order valence-corrected chi connectivity index (χ1v) is 9.51. The number of amides is 1. The zero-order valence-electron chi connectivity index (χ0n) is 17.0. The fourth-order valence-corrected chi connectivity index (χ4v) is 3.23. The number of halogens is 3. The number of hydrogen-bond acceptors (Lipinski definition) is 6. The summed E-state index contributed by atoms with van der Waals surface area (Å²) in [7, 11) is 3.81. The molecule has 3 rings (SSSR count). The molecule has 1 aromatic carbocycles. The molecule has 1 N–H and O–H groups in total. The summed E-state index contributed by atoms with van der Waals surface area (Å²) in [4.78, 5) is 25.1. The molecule has 1 saturated heterocycles. The number of aryl methyl sites for hydroxylation is 1. The van der Waals surface area contributed by atoms with Crippen LogP contribution in [0.3, 0.4) is 0 Å². The van der Waals surface area contributed by atoms with E-state index in [1.54, 1.807) is 4.90 Å². The molecule has 7 nitrogen and oxygen atoms in total. The lowest BCUT2D eigenvalue weighted by Gasteiger charge is -2.18. The SMILES string of the molecule is Cc1cc(N(C)C)nc(N[C@H]2CCN(C(=O)Cc3ccc(OC(F)(F)F)cc3)C2)n1. The summed E-state index contributed by atoms with van der Waals surface area (Å²) in [6.07, 6.45) is -3.85. The maximum atomic E-state index is 12.6. The Morgan fingerprint density at radius 2 is 1.97 bits per heavy atom. The molecule has 2 aromatic rings. The Morgan fingerprint density at radius 3 is 2.60 bits per heavy atom. The number of carbonyl (C=O) groups is 1. The van der Waals surface area contributed by atoms with E-state index in [4.69, 9.17) is 0 Å². The Labute approximate surface area is 172 Å². The summed E-state index contributed by atoms with van der Waals surface area (Å²) in [5.74, 6) is 0.939. The number of benzene rings is 1. The van der Waals surface area contributed by atoms with Crippen LogP contribution in [0.1, 0.15) is 17.7 Å². The summed E-state index contributed by atoms with van der Waals surface area (Å²) in [5, 5.41) is 3.29. The van der Waals surface area contributed by atoms with Crippen molar-refractivity contribution < 1.29 is 22.7 Å². The summed E-state index contributed by atoms with van der Waals surface area (Å²) >= 11 is 0. The molecule has 1 aliphatic rings. The number of ether oxygens (including phenoxy) is 1. The minimum atomic E-state index is -4.73. The monoisotopic (exact) mass is 423 g/mol. The molecular formula is C20H24F3N5O2. The second-order valence-electron chi connectivity index (χ2n) is 7.42. The molecule has 1 aliphatic heterocycles. The molecule has 0 aliphatic carbocycles. The van der Waals surface area contributed by atoms with Gasteiger partial charge in [-0.1, -0.05) is 12.1 Å². The molecule has 2 heterocycles. The smallest absolute Gasteiger partial charge is 0.406 e. The van der Waals surface area contributed by atoms with Gasteiger partial charge in [-0.05, 0) is 31.0 Å². The van der Waals surface area contributed by atoms with Crippen molar-refractivity contribution in [3.63, 3.8) is 0 Å². The van der Waals surface area contributed by atoms with Gasteiger partial charge < -0.3 is 19.9 Å². The number of hydrogen-bond donors (Lipinski definition) is 1. The molecular weight excluding hydrogens is 399 g/mol. The Morgan fingerprint density at radius 1 is 1.27 bits per heavy atom. The van der Waals surface area contributed by atoms with Crippen molar-refractivity contribution in [2.45, 2.75) is 32.2 Å². The third-order valence-electron chi connectivity index (χ3n) is 4.69. The van der Waals surface area contributed by atoms with E-state index in [-0.39, 0.29) is 24.1 Å². The van der Waals surface area contributed by atoms with Gasteiger partial charge in [0, 0.05) is 45.0 Å². The lowest BCUT2D eigenvalue weighted by molar-refractivity contribution is -0.274. The Kier molecular flexibility index (Phi) is 6.33. The minimum absolute atomic E-state index is 0.0355. The molecule has 1 aromatic heterocycles. The Balaban J connectivity index is 1.54. The zero-order chi connectivity index (χ0) is 21.9. The molecule has 10 heteroatoms. The third-order valence-corrected chi connectivity index (χ3v) is 4.69. The normalized spacial score (nSPS) is 16.5. The molecule has 0 radical (unpaired) electrons. The van der Waals surface area contributed by atoms with Crippen LogP contribution in [0.25, 0.3) is 0 Å². The number of carbonyl (C=O) groups excluding carboxylic acids is 1. The van der Waals surface area contributed by atoms with E-state index < -0.39 is 6.36 Å². The second kappa shape index (κ2) is 8.76. The lowest BCUT2D eigenvalue weighted by Crippen LogP contribution is -2.33.